The number of rotatable bonds is 13. The highest BCUT2D eigenvalue weighted by Gasteiger charge is 2.40. The Hall–Kier alpha value is -3.30. The average molecular weight is 617 g/mol. The maximum Gasteiger partial charge on any atom is 0.294 e. The summed E-state index contributed by atoms with van der Waals surface area (Å²) in [5.74, 6) is 0.672. The molecule has 0 bridgehead atoms. The van der Waals surface area contributed by atoms with E-state index in [1.54, 1.807) is 0 Å². The molecule has 236 valence electrons. The number of aromatic nitrogens is 3. The minimum absolute atomic E-state index is 0.0213. The first-order valence-electron chi connectivity index (χ1n) is 16.1. The summed E-state index contributed by atoms with van der Waals surface area (Å²) in [5, 5.41) is 0.0732. The van der Waals surface area contributed by atoms with Crippen LogP contribution in [-0.4, -0.2) is 53.8 Å². The van der Waals surface area contributed by atoms with Crippen molar-refractivity contribution in [2.45, 2.75) is 95.9 Å². The third-order valence-electron chi connectivity index (χ3n) is 9.72. The van der Waals surface area contributed by atoms with Crippen LogP contribution in [0.1, 0.15) is 86.9 Å². The Labute approximate surface area is 262 Å². The van der Waals surface area contributed by atoms with Crippen LogP contribution in [0.4, 0.5) is 0 Å². The van der Waals surface area contributed by atoms with Crippen LogP contribution in [0.5, 0.6) is 5.75 Å². The smallest absolute Gasteiger partial charge is 0.294 e. The maximum atomic E-state index is 14.4. The molecule has 0 aliphatic heterocycles. The fourth-order valence-electron chi connectivity index (χ4n) is 5.84. The number of pyridine rings is 1. The molecule has 8 nitrogen and oxygen atoms in total. The molecule has 1 amide bonds. The van der Waals surface area contributed by atoms with Crippen molar-refractivity contribution in [1.82, 2.24) is 19.9 Å². The number of carbonyl (C=O) groups excluding carboxylic acids is 1. The lowest BCUT2D eigenvalue weighted by atomic mass is 9.79. The minimum atomic E-state index is -1.99. The molecule has 2 saturated carbocycles. The number of amides is 1. The number of hydrogen-bond donors (Lipinski definition) is 1. The minimum Gasteiger partial charge on any atom is -0.481 e. The Morgan fingerprint density at radius 2 is 1.77 bits per heavy atom. The monoisotopic (exact) mass is 616 g/mol. The van der Waals surface area contributed by atoms with Gasteiger partial charge < -0.3 is 19.0 Å². The summed E-state index contributed by atoms with van der Waals surface area (Å²) in [5.41, 5.74) is 1.35. The molecule has 3 aromatic rings. The Balaban J connectivity index is 1.46. The third-order valence-corrected chi connectivity index (χ3v) is 14.3. The molecular formula is C35H48N4O4Si. The van der Waals surface area contributed by atoms with Gasteiger partial charge in [0.15, 0.2) is 14.0 Å². The summed E-state index contributed by atoms with van der Waals surface area (Å²) < 4.78 is 12.6. The summed E-state index contributed by atoms with van der Waals surface area (Å²) in [4.78, 5) is 42.5. The van der Waals surface area contributed by atoms with E-state index in [1.807, 2.05) is 53.6 Å². The average Bonchev–Trinajstić information content (AvgIpc) is 3.70. The second-order valence-electron chi connectivity index (χ2n) is 14.1. The van der Waals surface area contributed by atoms with Crippen molar-refractivity contribution < 1.29 is 14.0 Å². The molecule has 2 aromatic heterocycles. The Morgan fingerprint density at radius 1 is 1.07 bits per heavy atom. The van der Waals surface area contributed by atoms with E-state index in [-0.39, 0.29) is 34.4 Å². The van der Waals surface area contributed by atoms with E-state index in [0.29, 0.717) is 37.9 Å². The number of nitrogens with one attached hydrogen (secondary N) is 1. The highest BCUT2D eigenvalue weighted by Crippen LogP contribution is 2.42. The van der Waals surface area contributed by atoms with Gasteiger partial charge in [-0.1, -0.05) is 70.0 Å². The van der Waals surface area contributed by atoms with Crippen LogP contribution in [0.15, 0.2) is 59.5 Å². The quantitative estimate of drug-likeness (QED) is 0.215. The van der Waals surface area contributed by atoms with E-state index in [1.165, 1.54) is 0 Å². The second kappa shape index (κ2) is 13.4. The van der Waals surface area contributed by atoms with Gasteiger partial charge in [0, 0.05) is 36.8 Å². The van der Waals surface area contributed by atoms with Crippen LogP contribution in [0.2, 0.25) is 18.1 Å². The molecular weight excluding hydrogens is 568 g/mol. The van der Waals surface area contributed by atoms with E-state index in [2.05, 4.69) is 44.9 Å². The van der Waals surface area contributed by atoms with Crippen LogP contribution in [-0.2, 0) is 22.9 Å². The molecule has 2 aliphatic rings. The standard InChI is InChI=1S/C35H48N4O4Si/c1-34(2,3)44(4,5)43-22-21-39(24-26-16-17-26)33(41)30-31(42-25-27-13-7-6-8-14-27)32(40)38-29(37-30)23-35(18-10-11-19-35)28-15-9-12-20-36-28/h6-9,12-15,20,26H,10-11,16-19,21-25H2,1-5H3,(H,37,38,40). The number of nitrogens with zero attached hydrogens (tertiary/aromatic N) is 3. The normalized spacial score (nSPS) is 16.6. The highest BCUT2D eigenvalue weighted by atomic mass is 28.4. The molecule has 1 aromatic carbocycles. The summed E-state index contributed by atoms with van der Waals surface area (Å²) in [6.45, 7) is 12.8. The van der Waals surface area contributed by atoms with Gasteiger partial charge in [0.05, 0.1) is 6.61 Å². The summed E-state index contributed by atoms with van der Waals surface area (Å²) >= 11 is 0. The topological polar surface area (TPSA) is 97.4 Å². The summed E-state index contributed by atoms with van der Waals surface area (Å²) in [7, 11) is -1.99. The molecule has 5 rings (SSSR count). The molecule has 44 heavy (non-hydrogen) atoms. The number of carbonyl (C=O) groups is 1. The van der Waals surface area contributed by atoms with Gasteiger partial charge in [0.2, 0.25) is 5.75 Å². The van der Waals surface area contributed by atoms with Gasteiger partial charge in [-0.15, -0.1) is 0 Å². The molecule has 0 atom stereocenters. The van der Waals surface area contributed by atoms with Gasteiger partial charge in [0.1, 0.15) is 12.4 Å². The Morgan fingerprint density at radius 3 is 2.41 bits per heavy atom. The Bertz CT molecular complexity index is 1460. The largest absolute Gasteiger partial charge is 0.481 e. The van der Waals surface area contributed by atoms with E-state index in [9.17, 15) is 9.59 Å². The lowest BCUT2D eigenvalue weighted by molar-refractivity contribution is 0.0704. The first-order chi connectivity index (χ1) is 21.0. The van der Waals surface area contributed by atoms with E-state index in [4.69, 9.17) is 19.1 Å². The van der Waals surface area contributed by atoms with Gasteiger partial charge >= 0.3 is 0 Å². The van der Waals surface area contributed by atoms with Gasteiger partial charge in [-0.2, -0.15) is 0 Å². The lowest BCUT2D eigenvalue weighted by Gasteiger charge is -2.37. The zero-order valence-electron chi connectivity index (χ0n) is 27.0. The predicted molar refractivity (Wildman–Crippen MR) is 175 cm³/mol. The van der Waals surface area contributed by atoms with Crippen LogP contribution in [0.3, 0.4) is 0 Å². The fraction of sp³-hybridized carbons (Fsp3) is 0.543. The second-order valence-corrected chi connectivity index (χ2v) is 19.0. The summed E-state index contributed by atoms with van der Waals surface area (Å²) in [6, 6.07) is 15.7. The number of benzene rings is 1. The SMILES string of the molecule is CC(C)(C)[Si](C)(C)OCCN(CC1CC1)C(=O)c1nc(CC2(c3ccccn3)CCCC2)[nH]c(=O)c1OCc1ccccc1. The van der Waals surface area contributed by atoms with Gasteiger partial charge in [-0.05, 0) is 67.4 Å². The maximum absolute atomic E-state index is 14.4. The summed E-state index contributed by atoms with van der Waals surface area (Å²) in [6.07, 6.45) is 8.64. The molecule has 0 radical (unpaired) electrons. The molecule has 0 saturated heterocycles. The number of aromatic amines is 1. The molecule has 2 fully saturated rings. The van der Waals surface area contributed by atoms with Crippen molar-refractivity contribution in [3.63, 3.8) is 0 Å². The van der Waals surface area contributed by atoms with E-state index in [0.717, 1.165) is 49.8 Å². The van der Waals surface area contributed by atoms with E-state index >= 15 is 0 Å². The molecule has 1 N–H and O–H groups in total. The third kappa shape index (κ3) is 7.67. The van der Waals surface area contributed by atoms with Crippen LogP contribution in [0, 0.1) is 5.92 Å². The zero-order chi connectivity index (χ0) is 31.4. The first-order valence-corrected chi connectivity index (χ1v) is 19.0. The molecule has 2 aliphatic carbocycles. The number of ether oxygens (including phenoxy) is 1. The van der Waals surface area contributed by atoms with Crippen molar-refractivity contribution in [1.29, 1.82) is 0 Å². The highest BCUT2D eigenvalue weighted by molar-refractivity contribution is 6.74. The van der Waals surface area contributed by atoms with Crippen molar-refractivity contribution >= 4 is 14.2 Å². The lowest BCUT2D eigenvalue weighted by Crippen LogP contribution is -2.44. The first kappa shape index (κ1) is 32.1. The zero-order valence-corrected chi connectivity index (χ0v) is 28.0. The Kier molecular flexibility index (Phi) is 9.75. The van der Waals surface area contributed by atoms with Crippen molar-refractivity contribution in [2.75, 3.05) is 19.7 Å². The van der Waals surface area contributed by atoms with Crippen molar-refractivity contribution in [2.24, 2.45) is 5.92 Å². The van der Waals surface area contributed by atoms with Crippen molar-refractivity contribution in [3.05, 3.63) is 87.9 Å². The van der Waals surface area contributed by atoms with Gasteiger partial charge in [-0.25, -0.2) is 4.98 Å². The van der Waals surface area contributed by atoms with Gasteiger partial charge in [0.25, 0.3) is 11.5 Å². The molecule has 0 spiro atoms. The number of H-pyrrole nitrogens is 1. The van der Waals surface area contributed by atoms with Crippen LogP contribution < -0.4 is 10.3 Å². The predicted octanol–water partition coefficient (Wildman–Crippen LogP) is 6.67. The van der Waals surface area contributed by atoms with Crippen LogP contribution in [0.25, 0.3) is 0 Å². The van der Waals surface area contributed by atoms with Crippen molar-refractivity contribution in [3.8, 4) is 5.75 Å². The molecule has 0 unspecified atom stereocenters. The fourth-order valence-corrected chi connectivity index (χ4v) is 6.87. The molecule has 2 heterocycles. The van der Waals surface area contributed by atoms with Crippen LogP contribution >= 0.6 is 0 Å². The number of hydrogen-bond acceptors (Lipinski definition) is 6. The van der Waals surface area contributed by atoms with Gasteiger partial charge in [-0.3, -0.25) is 14.6 Å². The molecule has 9 heteroatoms. The van der Waals surface area contributed by atoms with E-state index < -0.39 is 13.9 Å².